The van der Waals surface area contributed by atoms with Crippen molar-refractivity contribution in [3.8, 4) is 0 Å². The molecule has 0 aliphatic rings. The molecule has 0 saturated heterocycles. The Balaban J connectivity index is 4.10. The van der Waals surface area contributed by atoms with Crippen LogP contribution in [0.5, 0.6) is 0 Å². The lowest BCUT2D eigenvalue weighted by Crippen LogP contribution is -2.15. The molecule has 0 aliphatic carbocycles. The topological polar surface area (TPSA) is 86.1 Å². The van der Waals surface area contributed by atoms with Crippen molar-refractivity contribution in [2.45, 2.75) is 19.4 Å². The fraction of sp³-hybridized carbons (Fsp3) is 0.500. The highest BCUT2D eigenvalue weighted by Gasteiger charge is 2.12. The predicted octanol–water partition coefficient (Wildman–Crippen LogP) is 1.72. The zero-order valence-electron chi connectivity index (χ0n) is 6.14. The summed E-state index contributed by atoms with van der Waals surface area (Å²) in [6.07, 6.45) is 3.60. The second kappa shape index (κ2) is 5.32. The first-order valence-corrected chi connectivity index (χ1v) is 3.10. The Labute approximate surface area is 64.0 Å². The Kier molecular flexibility index (Phi) is 4.60. The van der Waals surface area contributed by atoms with Gasteiger partial charge in [0.25, 0.3) is 0 Å². The van der Waals surface area contributed by atoms with Crippen LogP contribution in [0.2, 0.25) is 0 Å². The van der Waals surface area contributed by atoms with E-state index >= 15 is 0 Å². The number of carbonyl (C=O) groups is 1. The van der Waals surface area contributed by atoms with Crippen molar-refractivity contribution in [2.75, 3.05) is 0 Å². The predicted molar refractivity (Wildman–Crippen MR) is 40.0 cm³/mol. The number of hydrogen-bond donors (Lipinski definition) is 1. The minimum absolute atomic E-state index is 0.246. The Morgan fingerprint density at radius 1 is 1.91 bits per heavy atom. The van der Waals surface area contributed by atoms with Crippen LogP contribution in [0.25, 0.3) is 10.4 Å². The molecule has 11 heavy (non-hydrogen) atoms. The Morgan fingerprint density at radius 3 is 2.91 bits per heavy atom. The standard InChI is InChI=1S/C6H9N3O2/c1-2-3-4-5(6(10)11)8-9-7/h2-3,5H,4H2,1H3,(H,10,11)/t5-/m0/s1. The molecule has 5 nitrogen and oxygen atoms in total. The van der Waals surface area contributed by atoms with E-state index in [2.05, 4.69) is 10.0 Å². The van der Waals surface area contributed by atoms with Gasteiger partial charge in [0, 0.05) is 4.91 Å². The van der Waals surface area contributed by atoms with Crippen LogP contribution >= 0.6 is 0 Å². The Bertz CT molecular complexity index is 204. The maximum Gasteiger partial charge on any atom is 0.312 e. The lowest BCUT2D eigenvalue weighted by molar-refractivity contribution is -0.138. The molecule has 60 valence electrons. The SMILES string of the molecule is CC=CC[C@H](N=[N+]=[N-])C(=O)O. The fourth-order valence-corrected chi connectivity index (χ4v) is 0.525. The normalized spacial score (nSPS) is 12.5. The summed E-state index contributed by atoms with van der Waals surface area (Å²) < 4.78 is 0. The molecule has 0 aromatic carbocycles. The quantitative estimate of drug-likeness (QED) is 0.290. The lowest BCUT2D eigenvalue weighted by atomic mass is 10.2. The second-order valence-electron chi connectivity index (χ2n) is 1.86. The molecule has 5 heteroatoms. The van der Waals surface area contributed by atoms with Crippen molar-refractivity contribution in [3.63, 3.8) is 0 Å². The molecule has 0 heterocycles. The van der Waals surface area contributed by atoms with Gasteiger partial charge in [-0.25, -0.2) is 0 Å². The number of hydrogen-bond acceptors (Lipinski definition) is 2. The van der Waals surface area contributed by atoms with E-state index in [4.69, 9.17) is 10.6 Å². The molecule has 0 amide bonds. The first-order chi connectivity index (χ1) is 5.22. The highest BCUT2D eigenvalue weighted by atomic mass is 16.4. The van der Waals surface area contributed by atoms with Crippen LogP contribution in [0.3, 0.4) is 0 Å². The van der Waals surface area contributed by atoms with Gasteiger partial charge in [-0.3, -0.25) is 4.79 Å². The van der Waals surface area contributed by atoms with Gasteiger partial charge < -0.3 is 5.11 Å². The smallest absolute Gasteiger partial charge is 0.312 e. The van der Waals surface area contributed by atoms with E-state index in [1.807, 2.05) is 0 Å². The zero-order valence-corrected chi connectivity index (χ0v) is 6.14. The number of nitrogens with zero attached hydrogens (tertiary/aromatic N) is 3. The molecular weight excluding hydrogens is 146 g/mol. The summed E-state index contributed by atoms with van der Waals surface area (Å²) in [6.45, 7) is 1.77. The van der Waals surface area contributed by atoms with E-state index < -0.39 is 12.0 Å². The molecule has 0 rings (SSSR count). The average molecular weight is 155 g/mol. The van der Waals surface area contributed by atoms with Crippen LogP contribution in [0, 0.1) is 0 Å². The van der Waals surface area contributed by atoms with E-state index in [1.165, 1.54) is 0 Å². The third-order valence-corrected chi connectivity index (χ3v) is 1.07. The summed E-state index contributed by atoms with van der Waals surface area (Å²) >= 11 is 0. The summed E-state index contributed by atoms with van der Waals surface area (Å²) in [4.78, 5) is 12.7. The van der Waals surface area contributed by atoms with Crippen LogP contribution in [-0.2, 0) is 4.79 Å². The van der Waals surface area contributed by atoms with E-state index in [0.29, 0.717) is 0 Å². The molecule has 0 bridgehead atoms. The molecule has 1 atom stereocenters. The van der Waals surface area contributed by atoms with Gasteiger partial charge in [0.15, 0.2) is 0 Å². The van der Waals surface area contributed by atoms with Crippen molar-refractivity contribution in [1.82, 2.24) is 0 Å². The summed E-state index contributed by atoms with van der Waals surface area (Å²) in [5, 5.41) is 11.5. The maximum atomic E-state index is 10.3. The largest absolute Gasteiger partial charge is 0.481 e. The van der Waals surface area contributed by atoms with Gasteiger partial charge in [-0.15, -0.1) is 0 Å². The number of rotatable bonds is 4. The first kappa shape index (κ1) is 9.52. The molecule has 0 aromatic rings. The van der Waals surface area contributed by atoms with E-state index in [0.717, 1.165) is 0 Å². The third-order valence-electron chi connectivity index (χ3n) is 1.07. The third kappa shape index (κ3) is 4.00. The average Bonchev–Trinajstić information content (AvgIpc) is 1.97. The van der Waals surface area contributed by atoms with Gasteiger partial charge in [0.05, 0.1) is 0 Å². The van der Waals surface area contributed by atoms with Gasteiger partial charge >= 0.3 is 5.97 Å². The van der Waals surface area contributed by atoms with Crippen molar-refractivity contribution >= 4 is 5.97 Å². The van der Waals surface area contributed by atoms with Gasteiger partial charge in [-0.2, -0.15) is 0 Å². The number of azide groups is 1. The molecule has 0 unspecified atom stereocenters. The summed E-state index contributed by atoms with van der Waals surface area (Å²) in [7, 11) is 0. The van der Waals surface area contributed by atoms with Crippen molar-refractivity contribution in [2.24, 2.45) is 5.11 Å². The highest BCUT2D eigenvalue weighted by molar-refractivity contribution is 5.73. The van der Waals surface area contributed by atoms with E-state index in [9.17, 15) is 4.79 Å². The Hall–Kier alpha value is -1.48. The van der Waals surface area contributed by atoms with Crippen LogP contribution in [-0.4, -0.2) is 17.1 Å². The van der Waals surface area contributed by atoms with E-state index in [-0.39, 0.29) is 6.42 Å². The van der Waals surface area contributed by atoms with Gasteiger partial charge in [-0.1, -0.05) is 17.3 Å². The second-order valence-corrected chi connectivity index (χ2v) is 1.86. The van der Waals surface area contributed by atoms with Crippen LogP contribution in [0.15, 0.2) is 17.3 Å². The molecular formula is C6H9N3O2. The minimum atomic E-state index is -1.10. The highest BCUT2D eigenvalue weighted by Crippen LogP contribution is 1.99. The van der Waals surface area contributed by atoms with Gasteiger partial charge in [-0.05, 0) is 18.9 Å². The zero-order chi connectivity index (χ0) is 8.69. The van der Waals surface area contributed by atoms with Crippen LogP contribution in [0.4, 0.5) is 0 Å². The molecule has 1 N–H and O–H groups in total. The molecule has 0 radical (unpaired) electrons. The molecule has 0 fully saturated rings. The van der Waals surface area contributed by atoms with Crippen molar-refractivity contribution < 1.29 is 9.90 Å². The molecule has 0 saturated carbocycles. The van der Waals surface area contributed by atoms with Crippen LogP contribution < -0.4 is 0 Å². The lowest BCUT2D eigenvalue weighted by Gasteiger charge is -1.98. The molecule has 0 aliphatic heterocycles. The fourth-order valence-electron chi connectivity index (χ4n) is 0.525. The monoisotopic (exact) mass is 155 g/mol. The summed E-state index contributed by atoms with van der Waals surface area (Å²) in [6, 6.07) is -0.976. The number of aliphatic carboxylic acids is 1. The molecule has 0 spiro atoms. The minimum Gasteiger partial charge on any atom is -0.481 e. The first-order valence-electron chi connectivity index (χ1n) is 3.10. The van der Waals surface area contributed by atoms with Gasteiger partial charge in [0.2, 0.25) is 0 Å². The summed E-state index contributed by atoms with van der Waals surface area (Å²) in [5.74, 6) is -1.10. The van der Waals surface area contributed by atoms with Crippen molar-refractivity contribution in [1.29, 1.82) is 0 Å². The molecule has 0 aromatic heterocycles. The van der Waals surface area contributed by atoms with Crippen LogP contribution in [0.1, 0.15) is 13.3 Å². The number of allylic oxidation sites excluding steroid dienone is 1. The van der Waals surface area contributed by atoms with Crippen molar-refractivity contribution in [3.05, 3.63) is 22.6 Å². The Morgan fingerprint density at radius 2 is 2.55 bits per heavy atom. The van der Waals surface area contributed by atoms with E-state index in [1.54, 1.807) is 19.1 Å². The summed E-state index contributed by atoms with van der Waals surface area (Å²) in [5.41, 5.74) is 7.96. The number of carboxylic acids is 1. The number of carboxylic acid groups (broad SMARTS) is 1. The van der Waals surface area contributed by atoms with Gasteiger partial charge in [0.1, 0.15) is 6.04 Å². The maximum absolute atomic E-state index is 10.3.